The molecule has 0 radical (unpaired) electrons. The number of rotatable bonds is 5. The molecule has 1 aliphatic heterocycles. The lowest BCUT2D eigenvalue weighted by atomic mass is 10.1. The van der Waals surface area contributed by atoms with Crippen LogP contribution in [0.15, 0.2) is 66.3 Å². The van der Waals surface area contributed by atoms with Gasteiger partial charge < -0.3 is 0 Å². The summed E-state index contributed by atoms with van der Waals surface area (Å²) >= 11 is 5.17. The number of hydrogen-bond acceptors (Lipinski definition) is 5. The third-order valence-corrected chi connectivity index (χ3v) is 4.66. The lowest BCUT2D eigenvalue weighted by Gasteiger charge is -2.28. The number of aryl methyl sites for hydroxylation is 1. The van der Waals surface area contributed by atoms with Crippen molar-refractivity contribution in [3.05, 3.63) is 87.5 Å². The van der Waals surface area contributed by atoms with E-state index in [-0.39, 0.29) is 16.4 Å². The predicted octanol–water partition coefficient (Wildman–Crippen LogP) is 3.54. The molecule has 2 aromatic carbocycles. The fraction of sp³-hybridized carbons (Fsp3) is 0.0952. The number of carbonyl (C=O) groups excluding carboxylic acids is 2. The van der Waals surface area contributed by atoms with E-state index < -0.39 is 16.7 Å². The summed E-state index contributed by atoms with van der Waals surface area (Å²) in [5.41, 5.74) is 1.83. The van der Waals surface area contributed by atoms with Crippen molar-refractivity contribution in [2.24, 2.45) is 0 Å². The summed E-state index contributed by atoms with van der Waals surface area (Å²) < 4.78 is 0. The molecular weight excluding hydrogens is 390 g/mol. The molecule has 2 amide bonds. The standard InChI is InChI=1S/C21H17N3O4S/c1-2-14-10-12-16(13-11-14)23-20(26)17(19(25)22-21(23)29)8-5-7-15-6-3-4-9-18(15)24(27)28/h3-13H,2H2,1H3,(H,22,25,29). The summed E-state index contributed by atoms with van der Waals surface area (Å²) in [4.78, 5) is 37.0. The highest BCUT2D eigenvalue weighted by molar-refractivity contribution is 7.80. The number of nitro benzene ring substituents is 1. The molecule has 8 heteroatoms. The van der Waals surface area contributed by atoms with E-state index in [0.717, 1.165) is 12.0 Å². The zero-order valence-electron chi connectivity index (χ0n) is 15.5. The van der Waals surface area contributed by atoms with Gasteiger partial charge in [0.1, 0.15) is 5.57 Å². The number of nitro groups is 1. The molecule has 1 fully saturated rings. The van der Waals surface area contributed by atoms with Gasteiger partial charge in [0.25, 0.3) is 17.5 Å². The minimum atomic E-state index is -0.617. The second kappa shape index (κ2) is 8.57. The third-order valence-electron chi connectivity index (χ3n) is 4.38. The largest absolute Gasteiger partial charge is 0.298 e. The van der Waals surface area contributed by atoms with Crippen LogP contribution in [0.5, 0.6) is 0 Å². The smallest absolute Gasteiger partial charge is 0.276 e. The van der Waals surface area contributed by atoms with Gasteiger partial charge in [0.2, 0.25) is 0 Å². The molecule has 0 atom stereocenters. The maximum Gasteiger partial charge on any atom is 0.276 e. The molecule has 7 nitrogen and oxygen atoms in total. The van der Waals surface area contributed by atoms with Crippen molar-refractivity contribution in [2.45, 2.75) is 13.3 Å². The Labute approximate surface area is 172 Å². The summed E-state index contributed by atoms with van der Waals surface area (Å²) in [6, 6.07) is 13.5. The van der Waals surface area contributed by atoms with Gasteiger partial charge in [0.15, 0.2) is 5.11 Å². The van der Waals surface area contributed by atoms with Crippen molar-refractivity contribution in [1.29, 1.82) is 0 Å². The quantitative estimate of drug-likeness (QED) is 0.269. The van der Waals surface area contributed by atoms with Crippen LogP contribution in [0.25, 0.3) is 6.08 Å². The van der Waals surface area contributed by atoms with Crippen molar-refractivity contribution in [3.8, 4) is 0 Å². The number of thiocarbonyl (C=S) groups is 1. The molecule has 2 aromatic rings. The minimum Gasteiger partial charge on any atom is -0.298 e. The van der Waals surface area contributed by atoms with E-state index >= 15 is 0 Å². The zero-order chi connectivity index (χ0) is 21.0. The Morgan fingerprint density at radius 1 is 1.14 bits per heavy atom. The summed E-state index contributed by atoms with van der Waals surface area (Å²) in [6.07, 6.45) is 5.08. The highest BCUT2D eigenvalue weighted by atomic mass is 32.1. The minimum absolute atomic E-state index is 0.00377. The monoisotopic (exact) mass is 407 g/mol. The molecule has 1 saturated heterocycles. The second-order valence-corrected chi connectivity index (χ2v) is 6.56. The second-order valence-electron chi connectivity index (χ2n) is 6.18. The Kier molecular flexibility index (Phi) is 5.94. The van der Waals surface area contributed by atoms with Crippen LogP contribution in [0.4, 0.5) is 11.4 Å². The number of benzene rings is 2. The van der Waals surface area contributed by atoms with Crippen molar-refractivity contribution < 1.29 is 14.5 Å². The first-order valence-electron chi connectivity index (χ1n) is 8.83. The molecule has 0 saturated carbocycles. The van der Waals surface area contributed by atoms with Crippen molar-refractivity contribution in [2.75, 3.05) is 4.90 Å². The van der Waals surface area contributed by atoms with Gasteiger partial charge in [-0.05, 0) is 54.6 Å². The van der Waals surface area contributed by atoms with Gasteiger partial charge >= 0.3 is 0 Å². The molecule has 146 valence electrons. The van der Waals surface area contributed by atoms with E-state index in [0.29, 0.717) is 11.3 Å². The molecule has 29 heavy (non-hydrogen) atoms. The Morgan fingerprint density at radius 3 is 2.48 bits per heavy atom. The fourth-order valence-electron chi connectivity index (χ4n) is 2.84. The summed E-state index contributed by atoms with van der Waals surface area (Å²) in [5, 5.41) is 13.6. The first kappa shape index (κ1) is 20.1. The van der Waals surface area contributed by atoms with Crippen LogP contribution in [0, 0.1) is 10.1 Å². The number of para-hydroxylation sites is 1. The highest BCUT2D eigenvalue weighted by Gasteiger charge is 2.34. The van der Waals surface area contributed by atoms with Gasteiger partial charge in [-0.2, -0.15) is 0 Å². The number of amides is 2. The van der Waals surface area contributed by atoms with Crippen LogP contribution in [-0.2, 0) is 16.0 Å². The van der Waals surface area contributed by atoms with Gasteiger partial charge in [0, 0.05) is 6.07 Å². The lowest BCUT2D eigenvalue weighted by molar-refractivity contribution is -0.385. The number of anilines is 1. The maximum atomic E-state index is 12.9. The van der Waals surface area contributed by atoms with E-state index in [4.69, 9.17) is 12.2 Å². The molecule has 0 aliphatic carbocycles. The Morgan fingerprint density at radius 2 is 1.83 bits per heavy atom. The average molecular weight is 407 g/mol. The summed E-state index contributed by atoms with van der Waals surface area (Å²) in [6.45, 7) is 2.02. The molecule has 0 spiro atoms. The molecular formula is C21H17N3O4S. The number of nitrogens with zero attached hydrogens (tertiary/aromatic N) is 2. The average Bonchev–Trinajstić information content (AvgIpc) is 2.71. The fourth-order valence-corrected chi connectivity index (χ4v) is 3.12. The van der Waals surface area contributed by atoms with Gasteiger partial charge in [-0.15, -0.1) is 0 Å². The van der Waals surface area contributed by atoms with Crippen LogP contribution in [0.1, 0.15) is 18.1 Å². The van der Waals surface area contributed by atoms with Gasteiger partial charge in [0.05, 0.1) is 16.2 Å². The normalized spacial score (nSPS) is 15.8. The number of nitrogens with one attached hydrogen (secondary N) is 1. The van der Waals surface area contributed by atoms with E-state index in [2.05, 4.69) is 5.32 Å². The number of allylic oxidation sites excluding steroid dienone is 2. The van der Waals surface area contributed by atoms with Gasteiger partial charge in [-0.1, -0.05) is 37.3 Å². The first-order chi connectivity index (χ1) is 13.9. The third kappa shape index (κ3) is 4.27. The molecule has 1 heterocycles. The topological polar surface area (TPSA) is 92.6 Å². The molecule has 1 N–H and O–H groups in total. The number of carbonyl (C=O) groups is 2. The van der Waals surface area contributed by atoms with Crippen molar-refractivity contribution in [3.63, 3.8) is 0 Å². The predicted molar refractivity (Wildman–Crippen MR) is 114 cm³/mol. The first-order valence-corrected chi connectivity index (χ1v) is 9.23. The van der Waals surface area contributed by atoms with Crippen molar-refractivity contribution in [1.82, 2.24) is 5.32 Å². The lowest BCUT2D eigenvalue weighted by Crippen LogP contribution is -2.54. The zero-order valence-corrected chi connectivity index (χ0v) is 16.3. The molecule has 0 aromatic heterocycles. The van der Waals surface area contributed by atoms with Crippen LogP contribution >= 0.6 is 12.2 Å². The Bertz CT molecular complexity index is 1060. The van der Waals surface area contributed by atoms with Crippen LogP contribution in [0.2, 0.25) is 0 Å². The van der Waals surface area contributed by atoms with Gasteiger partial charge in [-0.25, -0.2) is 0 Å². The van der Waals surface area contributed by atoms with E-state index in [1.54, 1.807) is 30.3 Å². The number of hydrogen-bond donors (Lipinski definition) is 1. The molecule has 1 aliphatic rings. The molecule has 0 unspecified atom stereocenters. The summed E-state index contributed by atoms with van der Waals surface area (Å²) in [7, 11) is 0. The van der Waals surface area contributed by atoms with Crippen molar-refractivity contribution >= 4 is 46.6 Å². The van der Waals surface area contributed by atoms with Gasteiger partial charge in [-0.3, -0.25) is 29.9 Å². The Balaban J connectivity index is 1.90. The van der Waals surface area contributed by atoms with Crippen LogP contribution < -0.4 is 10.2 Å². The Hall–Kier alpha value is -3.65. The van der Waals surface area contributed by atoms with Crippen LogP contribution in [-0.4, -0.2) is 21.9 Å². The molecule has 0 bridgehead atoms. The molecule has 3 rings (SSSR count). The summed E-state index contributed by atoms with van der Waals surface area (Å²) in [5.74, 6) is -1.18. The van der Waals surface area contributed by atoms with Crippen LogP contribution in [0.3, 0.4) is 0 Å². The highest BCUT2D eigenvalue weighted by Crippen LogP contribution is 2.22. The van der Waals surface area contributed by atoms with E-state index in [1.807, 2.05) is 19.1 Å². The maximum absolute atomic E-state index is 12.9. The van der Waals surface area contributed by atoms with E-state index in [1.165, 1.54) is 29.2 Å². The van der Waals surface area contributed by atoms with E-state index in [9.17, 15) is 19.7 Å². The SMILES string of the molecule is CCc1ccc(N2C(=O)C(=CC=Cc3ccccc3[N+](=O)[O-])C(=O)NC2=S)cc1.